The van der Waals surface area contributed by atoms with E-state index in [-0.39, 0.29) is 0 Å². The van der Waals surface area contributed by atoms with Gasteiger partial charge in [0.2, 0.25) is 0 Å². The van der Waals surface area contributed by atoms with Gasteiger partial charge in [-0.3, -0.25) is 4.90 Å². The maximum absolute atomic E-state index is 6.02. The van der Waals surface area contributed by atoms with Gasteiger partial charge in [-0.25, -0.2) is 0 Å². The van der Waals surface area contributed by atoms with E-state index in [1.165, 1.54) is 38.6 Å². The van der Waals surface area contributed by atoms with Gasteiger partial charge in [0.15, 0.2) is 0 Å². The van der Waals surface area contributed by atoms with Gasteiger partial charge in [0.25, 0.3) is 0 Å². The first kappa shape index (κ1) is 9.79. The quantitative estimate of drug-likeness (QED) is 0.590. The largest absolute Gasteiger partial charge is 0.296 e. The fourth-order valence-corrected chi connectivity index (χ4v) is 3.37. The SMILES string of the molecule is CC1CC(CCl)N2CCCCC2C1. The van der Waals surface area contributed by atoms with Crippen LogP contribution in [0.4, 0.5) is 0 Å². The highest BCUT2D eigenvalue weighted by Crippen LogP contribution is 2.33. The Morgan fingerprint density at radius 2 is 2.15 bits per heavy atom. The van der Waals surface area contributed by atoms with Crippen LogP contribution in [0.15, 0.2) is 0 Å². The van der Waals surface area contributed by atoms with Gasteiger partial charge in [0.1, 0.15) is 0 Å². The lowest BCUT2D eigenvalue weighted by Crippen LogP contribution is -2.51. The molecule has 3 atom stereocenters. The molecule has 13 heavy (non-hydrogen) atoms. The number of halogens is 1. The third-order valence-electron chi connectivity index (χ3n) is 3.67. The predicted molar refractivity (Wildman–Crippen MR) is 57.3 cm³/mol. The molecule has 2 aliphatic rings. The number of alkyl halides is 1. The molecule has 2 heteroatoms. The fourth-order valence-electron chi connectivity index (χ4n) is 3.07. The second-order valence-corrected chi connectivity index (χ2v) is 5.08. The maximum Gasteiger partial charge on any atom is 0.0379 e. The predicted octanol–water partition coefficient (Wildman–Crippen LogP) is 2.88. The highest BCUT2D eigenvalue weighted by Gasteiger charge is 2.34. The van der Waals surface area contributed by atoms with Crippen LogP contribution in [0.3, 0.4) is 0 Å². The van der Waals surface area contributed by atoms with Gasteiger partial charge in [0.05, 0.1) is 0 Å². The zero-order valence-electron chi connectivity index (χ0n) is 8.51. The normalized spacial score (nSPS) is 41.5. The monoisotopic (exact) mass is 201 g/mol. The van der Waals surface area contributed by atoms with E-state index in [4.69, 9.17) is 11.6 Å². The van der Waals surface area contributed by atoms with Crippen molar-refractivity contribution < 1.29 is 0 Å². The summed E-state index contributed by atoms with van der Waals surface area (Å²) in [5, 5.41) is 0. The van der Waals surface area contributed by atoms with Crippen LogP contribution in [0.2, 0.25) is 0 Å². The van der Waals surface area contributed by atoms with Crippen LogP contribution in [-0.4, -0.2) is 29.4 Å². The summed E-state index contributed by atoms with van der Waals surface area (Å²) in [6.07, 6.45) is 6.96. The van der Waals surface area contributed by atoms with Gasteiger partial charge >= 0.3 is 0 Å². The molecule has 0 spiro atoms. The third-order valence-corrected chi connectivity index (χ3v) is 4.02. The summed E-state index contributed by atoms with van der Waals surface area (Å²) < 4.78 is 0. The molecule has 0 aromatic heterocycles. The first-order valence-electron chi connectivity index (χ1n) is 5.63. The smallest absolute Gasteiger partial charge is 0.0379 e. The molecule has 2 aliphatic heterocycles. The van der Waals surface area contributed by atoms with Crippen molar-refractivity contribution in [2.45, 2.75) is 51.1 Å². The molecule has 0 saturated carbocycles. The van der Waals surface area contributed by atoms with Gasteiger partial charge < -0.3 is 0 Å². The fraction of sp³-hybridized carbons (Fsp3) is 1.00. The van der Waals surface area contributed by atoms with Gasteiger partial charge in [-0.15, -0.1) is 11.6 Å². The standard InChI is InChI=1S/C11H20ClN/c1-9-6-10-4-2-3-5-13(10)11(7-9)8-12/h9-11H,2-8H2,1H3. The van der Waals surface area contributed by atoms with Gasteiger partial charge in [-0.2, -0.15) is 0 Å². The van der Waals surface area contributed by atoms with E-state index in [0.717, 1.165) is 17.8 Å². The van der Waals surface area contributed by atoms with E-state index in [9.17, 15) is 0 Å². The van der Waals surface area contributed by atoms with Crippen molar-refractivity contribution >= 4 is 11.6 Å². The maximum atomic E-state index is 6.02. The van der Waals surface area contributed by atoms with E-state index >= 15 is 0 Å². The average Bonchev–Trinajstić information content (AvgIpc) is 2.16. The molecule has 0 bridgehead atoms. The van der Waals surface area contributed by atoms with E-state index < -0.39 is 0 Å². The summed E-state index contributed by atoms with van der Waals surface area (Å²) in [5.74, 6) is 1.73. The lowest BCUT2D eigenvalue weighted by atomic mass is 9.83. The van der Waals surface area contributed by atoms with Crippen molar-refractivity contribution in [2.75, 3.05) is 12.4 Å². The number of hydrogen-bond acceptors (Lipinski definition) is 1. The molecule has 0 amide bonds. The summed E-state index contributed by atoms with van der Waals surface area (Å²) >= 11 is 6.02. The summed E-state index contributed by atoms with van der Waals surface area (Å²) in [4.78, 5) is 2.68. The van der Waals surface area contributed by atoms with Gasteiger partial charge in [0, 0.05) is 18.0 Å². The van der Waals surface area contributed by atoms with E-state index in [0.29, 0.717) is 6.04 Å². The minimum absolute atomic E-state index is 0.677. The topological polar surface area (TPSA) is 3.24 Å². The molecule has 2 saturated heterocycles. The van der Waals surface area contributed by atoms with Crippen LogP contribution in [0.1, 0.15) is 39.0 Å². The molecule has 0 aromatic carbocycles. The van der Waals surface area contributed by atoms with Crippen LogP contribution < -0.4 is 0 Å². The van der Waals surface area contributed by atoms with E-state index in [1.54, 1.807) is 0 Å². The Morgan fingerprint density at radius 3 is 2.92 bits per heavy atom. The van der Waals surface area contributed by atoms with Crippen LogP contribution in [0.5, 0.6) is 0 Å². The lowest BCUT2D eigenvalue weighted by Gasteiger charge is -2.46. The highest BCUT2D eigenvalue weighted by molar-refractivity contribution is 6.18. The molecule has 3 unspecified atom stereocenters. The molecule has 0 aliphatic carbocycles. The average molecular weight is 202 g/mol. The lowest BCUT2D eigenvalue weighted by molar-refractivity contribution is 0.0397. The first-order chi connectivity index (χ1) is 6.31. The summed E-state index contributed by atoms with van der Waals surface area (Å²) in [6, 6.07) is 1.54. The molecule has 2 fully saturated rings. The molecule has 0 aromatic rings. The van der Waals surface area contributed by atoms with Crippen molar-refractivity contribution in [1.82, 2.24) is 4.90 Å². The molecule has 1 nitrogen and oxygen atoms in total. The van der Waals surface area contributed by atoms with Crippen molar-refractivity contribution in [3.63, 3.8) is 0 Å². The second-order valence-electron chi connectivity index (χ2n) is 4.77. The first-order valence-corrected chi connectivity index (χ1v) is 6.16. The number of fused-ring (bicyclic) bond motifs is 1. The number of rotatable bonds is 1. The molecule has 0 radical (unpaired) electrons. The number of hydrogen-bond donors (Lipinski definition) is 0. The Bertz CT molecular complexity index is 163. The Balaban J connectivity index is 2.02. The van der Waals surface area contributed by atoms with Crippen molar-refractivity contribution in [3.05, 3.63) is 0 Å². The molecule has 0 N–H and O–H groups in total. The molecule has 76 valence electrons. The minimum atomic E-state index is 0.677. The Morgan fingerprint density at radius 1 is 1.31 bits per heavy atom. The molecular formula is C11H20ClN. The van der Waals surface area contributed by atoms with Gasteiger partial charge in [-0.1, -0.05) is 13.3 Å². The molecular weight excluding hydrogens is 182 g/mol. The third kappa shape index (κ3) is 2.02. The second kappa shape index (κ2) is 4.18. The Labute approximate surface area is 86.4 Å². The Kier molecular flexibility index (Phi) is 3.15. The summed E-state index contributed by atoms with van der Waals surface area (Å²) in [6.45, 7) is 3.68. The minimum Gasteiger partial charge on any atom is -0.296 e. The van der Waals surface area contributed by atoms with Crippen LogP contribution in [0.25, 0.3) is 0 Å². The van der Waals surface area contributed by atoms with Crippen molar-refractivity contribution in [2.24, 2.45) is 5.92 Å². The Hall–Kier alpha value is 0.250. The van der Waals surface area contributed by atoms with Crippen LogP contribution in [0, 0.1) is 5.92 Å². The summed E-state index contributed by atoms with van der Waals surface area (Å²) in [7, 11) is 0. The number of piperidine rings is 2. The molecule has 2 rings (SSSR count). The van der Waals surface area contributed by atoms with Gasteiger partial charge in [-0.05, 0) is 38.1 Å². The van der Waals surface area contributed by atoms with E-state index in [1.807, 2.05) is 0 Å². The van der Waals surface area contributed by atoms with Crippen LogP contribution in [-0.2, 0) is 0 Å². The highest BCUT2D eigenvalue weighted by atomic mass is 35.5. The molecule has 2 heterocycles. The zero-order chi connectivity index (χ0) is 9.26. The number of nitrogens with zero attached hydrogens (tertiary/aromatic N) is 1. The van der Waals surface area contributed by atoms with Crippen molar-refractivity contribution in [1.29, 1.82) is 0 Å². The van der Waals surface area contributed by atoms with Crippen molar-refractivity contribution in [3.8, 4) is 0 Å². The van der Waals surface area contributed by atoms with E-state index in [2.05, 4.69) is 11.8 Å². The zero-order valence-corrected chi connectivity index (χ0v) is 9.26. The summed E-state index contributed by atoms with van der Waals surface area (Å²) in [5.41, 5.74) is 0. The van der Waals surface area contributed by atoms with Crippen LogP contribution >= 0.6 is 11.6 Å².